The maximum absolute atomic E-state index is 11.9. The van der Waals surface area contributed by atoms with Crippen LogP contribution in [0.3, 0.4) is 0 Å². The van der Waals surface area contributed by atoms with Gasteiger partial charge in [-0.25, -0.2) is 0 Å². The molecular weight excluding hydrogens is 276 g/mol. The second kappa shape index (κ2) is 6.47. The Labute approximate surface area is 120 Å². The van der Waals surface area contributed by atoms with E-state index < -0.39 is 11.8 Å². The zero-order valence-electron chi connectivity index (χ0n) is 11.5. The number of hydrogen-bond acceptors (Lipinski definition) is 5. The van der Waals surface area contributed by atoms with Crippen LogP contribution in [0.15, 0.2) is 41.0 Å². The van der Waals surface area contributed by atoms with E-state index in [1.807, 2.05) is 0 Å². The number of ether oxygens (including phenoxy) is 2. The zero-order valence-corrected chi connectivity index (χ0v) is 11.5. The van der Waals surface area contributed by atoms with E-state index >= 15 is 0 Å². The molecule has 0 aliphatic carbocycles. The number of carbonyl (C=O) groups excluding carboxylic acids is 2. The topological polar surface area (TPSA) is 89.8 Å². The van der Waals surface area contributed by atoms with Gasteiger partial charge in [-0.2, -0.15) is 0 Å². The van der Waals surface area contributed by atoms with Crippen LogP contribution in [0.2, 0.25) is 0 Å². The number of furan rings is 1. The first-order valence-electron chi connectivity index (χ1n) is 6.02. The fourth-order valence-electron chi connectivity index (χ4n) is 1.63. The lowest BCUT2D eigenvalue weighted by molar-refractivity contribution is 0.0830. The molecule has 0 fully saturated rings. The lowest BCUT2D eigenvalue weighted by Gasteiger charge is -2.10. The fraction of sp³-hybridized carbons (Fsp3) is 0.143. The maximum atomic E-state index is 11.9. The molecule has 0 aliphatic rings. The molecule has 0 bridgehead atoms. The summed E-state index contributed by atoms with van der Waals surface area (Å²) in [6.07, 6.45) is 1.37. The number of amides is 2. The third-order valence-corrected chi connectivity index (χ3v) is 2.68. The van der Waals surface area contributed by atoms with E-state index in [-0.39, 0.29) is 5.76 Å². The molecule has 0 radical (unpaired) electrons. The highest BCUT2D eigenvalue weighted by molar-refractivity contribution is 5.98. The lowest BCUT2D eigenvalue weighted by atomic mass is 10.2. The summed E-state index contributed by atoms with van der Waals surface area (Å²) in [6, 6.07) is 7.72. The first kappa shape index (κ1) is 14.4. The Morgan fingerprint density at radius 2 is 1.71 bits per heavy atom. The van der Waals surface area contributed by atoms with Gasteiger partial charge in [-0.3, -0.25) is 20.4 Å². The highest BCUT2D eigenvalue weighted by atomic mass is 16.5. The average molecular weight is 290 g/mol. The standard InChI is InChI=1S/C14H14N2O5/c1-19-10-6-5-9(8-12(10)20-2)13(17)15-16-14(18)11-4-3-7-21-11/h3-8H,1-2H3,(H,15,17)(H,16,18). The van der Waals surface area contributed by atoms with Crippen LogP contribution >= 0.6 is 0 Å². The number of rotatable bonds is 4. The molecular formula is C14H14N2O5. The van der Waals surface area contributed by atoms with Crippen LogP contribution in [-0.4, -0.2) is 26.0 Å². The average Bonchev–Trinajstić information content (AvgIpc) is 3.06. The highest BCUT2D eigenvalue weighted by Crippen LogP contribution is 2.27. The van der Waals surface area contributed by atoms with E-state index in [1.165, 1.54) is 32.6 Å². The lowest BCUT2D eigenvalue weighted by Crippen LogP contribution is -2.41. The van der Waals surface area contributed by atoms with Gasteiger partial charge in [0.15, 0.2) is 17.3 Å². The quantitative estimate of drug-likeness (QED) is 0.830. The van der Waals surface area contributed by atoms with E-state index in [4.69, 9.17) is 13.9 Å². The molecule has 0 spiro atoms. The third-order valence-electron chi connectivity index (χ3n) is 2.68. The summed E-state index contributed by atoms with van der Waals surface area (Å²) in [5, 5.41) is 0. The number of benzene rings is 1. The normalized spacial score (nSPS) is 9.81. The summed E-state index contributed by atoms with van der Waals surface area (Å²) in [4.78, 5) is 23.5. The van der Waals surface area contributed by atoms with Crippen LogP contribution in [0.25, 0.3) is 0 Å². The van der Waals surface area contributed by atoms with Crippen LogP contribution in [-0.2, 0) is 0 Å². The molecule has 110 valence electrons. The first-order valence-corrected chi connectivity index (χ1v) is 6.02. The molecule has 21 heavy (non-hydrogen) atoms. The van der Waals surface area contributed by atoms with Crippen molar-refractivity contribution in [3.63, 3.8) is 0 Å². The molecule has 2 rings (SSSR count). The van der Waals surface area contributed by atoms with Crippen molar-refractivity contribution < 1.29 is 23.5 Å². The fourth-order valence-corrected chi connectivity index (χ4v) is 1.63. The van der Waals surface area contributed by atoms with Crippen LogP contribution in [0.5, 0.6) is 11.5 Å². The van der Waals surface area contributed by atoms with Crippen molar-refractivity contribution in [1.82, 2.24) is 10.9 Å². The van der Waals surface area contributed by atoms with Gasteiger partial charge in [0.2, 0.25) is 0 Å². The Morgan fingerprint density at radius 1 is 1.00 bits per heavy atom. The largest absolute Gasteiger partial charge is 0.493 e. The summed E-state index contributed by atoms with van der Waals surface area (Å²) >= 11 is 0. The molecule has 1 heterocycles. The zero-order chi connectivity index (χ0) is 15.2. The van der Waals surface area contributed by atoms with Gasteiger partial charge in [-0.05, 0) is 30.3 Å². The Balaban J connectivity index is 2.02. The Kier molecular flexibility index (Phi) is 4.45. The summed E-state index contributed by atoms with van der Waals surface area (Å²) < 4.78 is 15.1. The van der Waals surface area contributed by atoms with Gasteiger partial charge >= 0.3 is 5.91 Å². The van der Waals surface area contributed by atoms with E-state index in [2.05, 4.69) is 10.9 Å². The second-order valence-electron chi connectivity index (χ2n) is 3.96. The number of hydrogen-bond donors (Lipinski definition) is 2. The molecule has 1 aromatic heterocycles. The molecule has 0 atom stereocenters. The predicted octanol–water partition coefficient (Wildman–Crippen LogP) is 1.37. The minimum atomic E-state index is -0.547. The van der Waals surface area contributed by atoms with Crippen molar-refractivity contribution in [3.05, 3.63) is 47.9 Å². The van der Waals surface area contributed by atoms with Gasteiger partial charge in [0.25, 0.3) is 5.91 Å². The summed E-state index contributed by atoms with van der Waals surface area (Å²) in [7, 11) is 2.97. The summed E-state index contributed by atoms with van der Waals surface area (Å²) in [5.74, 6) is -0.0107. The Bertz CT molecular complexity index is 637. The van der Waals surface area contributed by atoms with Gasteiger partial charge in [0, 0.05) is 5.56 Å². The first-order chi connectivity index (χ1) is 10.2. The molecule has 1 aromatic carbocycles. The molecule has 2 amide bonds. The van der Waals surface area contributed by atoms with Gasteiger partial charge in [-0.15, -0.1) is 0 Å². The van der Waals surface area contributed by atoms with Crippen molar-refractivity contribution >= 4 is 11.8 Å². The molecule has 2 aromatic rings. The molecule has 0 saturated carbocycles. The molecule has 7 heteroatoms. The number of hydrazine groups is 1. The molecule has 0 saturated heterocycles. The van der Waals surface area contributed by atoms with Crippen molar-refractivity contribution in [3.8, 4) is 11.5 Å². The van der Waals surface area contributed by atoms with Gasteiger partial charge in [-0.1, -0.05) is 0 Å². The van der Waals surface area contributed by atoms with Gasteiger partial charge < -0.3 is 13.9 Å². The number of carbonyl (C=O) groups is 2. The predicted molar refractivity (Wildman–Crippen MR) is 73.2 cm³/mol. The van der Waals surface area contributed by atoms with Crippen molar-refractivity contribution in [2.75, 3.05) is 14.2 Å². The highest BCUT2D eigenvalue weighted by Gasteiger charge is 2.13. The van der Waals surface area contributed by atoms with Crippen LogP contribution in [0, 0.1) is 0 Å². The molecule has 0 unspecified atom stereocenters. The Morgan fingerprint density at radius 3 is 2.33 bits per heavy atom. The SMILES string of the molecule is COc1ccc(C(=O)NNC(=O)c2ccco2)cc1OC. The maximum Gasteiger partial charge on any atom is 0.305 e. The number of methoxy groups -OCH3 is 2. The smallest absolute Gasteiger partial charge is 0.305 e. The summed E-state index contributed by atoms with van der Waals surface area (Å²) in [5.41, 5.74) is 4.84. The third kappa shape index (κ3) is 3.33. The second-order valence-corrected chi connectivity index (χ2v) is 3.96. The summed E-state index contributed by atoms with van der Waals surface area (Å²) in [6.45, 7) is 0. The van der Waals surface area contributed by atoms with Crippen molar-refractivity contribution in [2.24, 2.45) is 0 Å². The van der Waals surface area contributed by atoms with Crippen molar-refractivity contribution in [2.45, 2.75) is 0 Å². The number of nitrogens with one attached hydrogen (secondary N) is 2. The van der Waals surface area contributed by atoms with Crippen LogP contribution < -0.4 is 20.3 Å². The monoisotopic (exact) mass is 290 g/mol. The van der Waals surface area contributed by atoms with Crippen molar-refractivity contribution in [1.29, 1.82) is 0 Å². The van der Waals surface area contributed by atoms with Gasteiger partial charge in [0.1, 0.15) is 0 Å². The molecule has 7 nitrogen and oxygen atoms in total. The van der Waals surface area contributed by atoms with Gasteiger partial charge in [0.05, 0.1) is 20.5 Å². The van der Waals surface area contributed by atoms with E-state index in [9.17, 15) is 9.59 Å². The van der Waals surface area contributed by atoms with Crippen LogP contribution in [0.1, 0.15) is 20.9 Å². The molecule has 0 aliphatic heterocycles. The van der Waals surface area contributed by atoms with E-state index in [1.54, 1.807) is 18.2 Å². The van der Waals surface area contributed by atoms with Crippen LogP contribution in [0.4, 0.5) is 0 Å². The Hall–Kier alpha value is -2.96. The molecule has 2 N–H and O–H groups in total. The van der Waals surface area contributed by atoms with E-state index in [0.29, 0.717) is 17.1 Å². The minimum Gasteiger partial charge on any atom is -0.493 e. The van der Waals surface area contributed by atoms with E-state index in [0.717, 1.165) is 0 Å². The minimum absolute atomic E-state index is 0.0996.